The predicted octanol–water partition coefficient (Wildman–Crippen LogP) is 9.13. The summed E-state index contributed by atoms with van der Waals surface area (Å²) in [5.41, 5.74) is 4.01. The Bertz CT molecular complexity index is 1220. The summed E-state index contributed by atoms with van der Waals surface area (Å²) in [5.74, 6) is 2.08. The molecule has 0 radical (unpaired) electrons. The first-order chi connectivity index (χ1) is 18.2. The van der Waals surface area contributed by atoms with E-state index in [4.69, 9.17) is 0 Å². The van der Waals surface area contributed by atoms with Crippen molar-refractivity contribution in [2.24, 2.45) is 56.7 Å². The molecule has 0 aliphatic heterocycles. The molecular formula is C36H50O3. The molecule has 5 aliphatic rings. The molecule has 0 bridgehead atoms. The van der Waals surface area contributed by atoms with Gasteiger partial charge in [-0.2, -0.15) is 0 Å². The van der Waals surface area contributed by atoms with E-state index in [-0.39, 0.29) is 27.6 Å². The van der Waals surface area contributed by atoms with Crippen molar-refractivity contribution in [3.63, 3.8) is 0 Å². The summed E-state index contributed by atoms with van der Waals surface area (Å²) >= 11 is 0. The third-order valence-corrected chi connectivity index (χ3v) is 14.2. The van der Waals surface area contributed by atoms with E-state index in [9.17, 15) is 15.0 Å². The molecule has 0 heterocycles. The monoisotopic (exact) mass is 530 g/mol. The van der Waals surface area contributed by atoms with Gasteiger partial charge >= 0.3 is 5.97 Å². The molecular weight excluding hydrogens is 480 g/mol. The zero-order chi connectivity index (χ0) is 28.2. The van der Waals surface area contributed by atoms with E-state index in [1.165, 1.54) is 36.0 Å². The van der Waals surface area contributed by atoms with E-state index in [0.29, 0.717) is 29.4 Å². The quantitative estimate of drug-likeness (QED) is 0.383. The number of hydrogen-bond acceptors (Lipinski definition) is 2. The van der Waals surface area contributed by atoms with Crippen LogP contribution in [0.3, 0.4) is 0 Å². The van der Waals surface area contributed by atoms with Crippen LogP contribution in [0.2, 0.25) is 0 Å². The van der Waals surface area contributed by atoms with E-state index in [1.54, 1.807) is 0 Å². The van der Waals surface area contributed by atoms with Crippen LogP contribution in [0.15, 0.2) is 42.5 Å². The zero-order valence-electron chi connectivity index (χ0n) is 25.1. The Hall–Kier alpha value is -2.03. The van der Waals surface area contributed by atoms with Gasteiger partial charge in [0.15, 0.2) is 0 Å². The minimum atomic E-state index is -0.549. The number of allylic oxidation sites excluding steroid dienone is 3. The molecule has 1 aromatic rings. The van der Waals surface area contributed by atoms with Crippen molar-refractivity contribution in [3.05, 3.63) is 48.1 Å². The molecule has 1 aromatic carbocycles. The maximum absolute atomic E-state index is 12.9. The Morgan fingerprint density at radius 1 is 0.872 bits per heavy atom. The van der Waals surface area contributed by atoms with Crippen LogP contribution in [0.4, 0.5) is 0 Å². The molecule has 212 valence electrons. The highest BCUT2D eigenvalue weighted by Crippen LogP contribution is 2.77. The Morgan fingerprint density at radius 2 is 1.56 bits per heavy atom. The van der Waals surface area contributed by atoms with E-state index in [1.807, 2.05) is 12.1 Å². The first-order valence-corrected chi connectivity index (χ1v) is 15.6. The van der Waals surface area contributed by atoms with Gasteiger partial charge in [-0.15, -0.1) is 0 Å². The molecule has 4 saturated carbocycles. The van der Waals surface area contributed by atoms with E-state index in [0.717, 1.165) is 38.5 Å². The number of phenols is 1. The molecule has 2 N–H and O–H groups in total. The summed E-state index contributed by atoms with van der Waals surface area (Å²) in [6, 6.07) is 7.81. The smallest absolute Gasteiger partial charge is 0.309 e. The molecule has 5 aliphatic carbocycles. The van der Waals surface area contributed by atoms with Crippen LogP contribution in [-0.2, 0) is 4.79 Å². The number of rotatable bonds is 3. The number of carboxylic acid groups (broad SMARTS) is 1. The lowest BCUT2D eigenvalue weighted by Gasteiger charge is -2.72. The van der Waals surface area contributed by atoms with Crippen molar-refractivity contribution in [3.8, 4) is 5.75 Å². The second kappa shape index (κ2) is 8.49. The van der Waals surface area contributed by atoms with Gasteiger partial charge in [0.2, 0.25) is 0 Å². The maximum Gasteiger partial charge on any atom is 0.309 e. The molecule has 6 rings (SSSR count). The van der Waals surface area contributed by atoms with Crippen LogP contribution in [-0.4, -0.2) is 16.2 Å². The molecule has 39 heavy (non-hydrogen) atoms. The van der Waals surface area contributed by atoms with Gasteiger partial charge in [-0.25, -0.2) is 0 Å². The average Bonchev–Trinajstić information content (AvgIpc) is 3.27. The van der Waals surface area contributed by atoms with Crippen LogP contribution in [0.1, 0.15) is 105 Å². The number of phenolic OH excluding ortho intramolecular Hbond substituents is 1. The fourth-order valence-electron chi connectivity index (χ4n) is 12.3. The van der Waals surface area contributed by atoms with Crippen molar-refractivity contribution >= 4 is 11.5 Å². The summed E-state index contributed by atoms with van der Waals surface area (Å²) in [4.78, 5) is 12.9. The van der Waals surface area contributed by atoms with E-state index >= 15 is 0 Å². The standard InChI is InChI=1S/C36H50O3/c1-22(2)25-14-19-36(31(38)39)21-20-34(6)27(30(25)36)12-13-29-33(5)17-15-26(23-8-10-24(37)11-9-23)32(3,4)28(33)16-18-35(29,34)7/h8-11,15,25,27-30,37H,1,12-14,16-21H2,2-7H3,(H,38,39)/t25-,27-,28+,29-,30-,33?,34-,35-,36+/m1/s1. The lowest BCUT2D eigenvalue weighted by molar-refractivity contribution is -0.227. The van der Waals surface area contributed by atoms with Crippen LogP contribution >= 0.6 is 0 Å². The van der Waals surface area contributed by atoms with Crippen molar-refractivity contribution in [1.29, 1.82) is 0 Å². The molecule has 0 amide bonds. The van der Waals surface area contributed by atoms with Crippen LogP contribution in [0, 0.1) is 56.7 Å². The Kier molecular flexibility index (Phi) is 5.91. The van der Waals surface area contributed by atoms with Crippen LogP contribution in [0.25, 0.3) is 5.57 Å². The van der Waals surface area contributed by atoms with Gasteiger partial charge in [0.25, 0.3) is 0 Å². The summed E-state index contributed by atoms with van der Waals surface area (Å²) < 4.78 is 0. The predicted molar refractivity (Wildman–Crippen MR) is 158 cm³/mol. The van der Waals surface area contributed by atoms with Gasteiger partial charge in [-0.1, -0.05) is 65.0 Å². The topological polar surface area (TPSA) is 57.5 Å². The molecule has 4 fully saturated rings. The number of aromatic hydroxyl groups is 1. The molecule has 3 nitrogen and oxygen atoms in total. The third kappa shape index (κ3) is 3.37. The Morgan fingerprint density at radius 3 is 2.21 bits per heavy atom. The van der Waals surface area contributed by atoms with Gasteiger partial charge in [0.1, 0.15) is 5.75 Å². The molecule has 0 aromatic heterocycles. The second-order valence-electron chi connectivity index (χ2n) is 15.7. The zero-order valence-corrected chi connectivity index (χ0v) is 25.1. The summed E-state index contributed by atoms with van der Waals surface area (Å²) in [7, 11) is 0. The Balaban J connectivity index is 1.39. The van der Waals surface area contributed by atoms with Gasteiger partial charge in [0.05, 0.1) is 5.41 Å². The van der Waals surface area contributed by atoms with Crippen molar-refractivity contribution < 1.29 is 15.0 Å². The fourth-order valence-corrected chi connectivity index (χ4v) is 12.3. The summed E-state index contributed by atoms with van der Waals surface area (Å²) in [6.45, 7) is 19.3. The van der Waals surface area contributed by atoms with E-state index in [2.05, 4.69) is 66.3 Å². The largest absolute Gasteiger partial charge is 0.508 e. The highest BCUT2D eigenvalue weighted by Gasteiger charge is 2.71. The lowest BCUT2D eigenvalue weighted by atomic mass is 9.32. The van der Waals surface area contributed by atoms with Gasteiger partial charge in [-0.3, -0.25) is 4.79 Å². The summed E-state index contributed by atoms with van der Waals surface area (Å²) in [5, 5.41) is 20.5. The van der Waals surface area contributed by atoms with Crippen LogP contribution in [0.5, 0.6) is 5.75 Å². The highest BCUT2D eigenvalue weighted by molar-refractivity contribution is 5.76. The van der Waals surface area contributed by atoms with Crippen molar-refractivity contribution in [1.82, 2.24) is 0 Å². The molecule has 3 heteroatoms. The molecule has 0 spiro atoms. The number of hydrogen-bond donors (Lipinski definition) is 2. The minimum absolute atomic E-state index is 0.0601. The maximum atomic E-state index is 12.9. The van der Waals surface area contributed by atoms with Crippen molar-refractivity contribution in [2.75, 3.05) is 0 Å². The number of benzene rings is 1. The van der Waals surface area contributed by atoms with E-state index < -0.39 is 11.4 Å². The molecule has 1 unspecified atom stereocenters. The molecule has 0 saturated heterocycles. The first kappa shape index (κ1) is 27.2. The highest BCUT2D eigenvalue weighted by atomic mass is 16.4. The average molecular weight is 531 g/mol. The first-order valence-electron chi connectivity index (χ1n) is 15.6. The Labute approximate surface area is 236 Å². The van der Waals surface area contributed by atoms with Gasteiger partial charge < -0.3 is 10.2 Å². The van der Waals surface area contributed by atoms with Crippen molar-refractivity contribution in [2.45, 2.75) is 99.3 Å². The third-order valence-electron chi connectivity index (χ3n) is 14.2. The molecule has 9 atom stereocenters. The normalized spacial score (nSPS) is 46.2. The minimum Gasteiger partial charge on any atom is -0.508 e. The van der Waals surface area contributed by atoms with Gasteiger partial charge in [0, 0.05) is 0 Å². The number of carbonyl (C=O) groups is 1. The summed E-state index contributed by atoms with van der Waals surface area (Å²) in [6.07, 6.45) is 12.2. The lowest BCUT2D eigenvalue weighted by Crippen LogP contribution is -2.65. The fraction of sp³-hybridized carbons (Fsp3) is 0.694. The van der Waals surface area contributed by atoms with Gasteiger partial charge in [-0.05, 0) is 139 Å². The number of aliphatic carboxylic acids is 1. The number of carboxylic acids is 1. The van der Waals surface area contributed by atoms with Crippen LogP contribution < -0.4 is 0 Å². The second-order valence-corrected chi connectivity index (χ2v) is 15.7. The number of fused-ring (bicyclic) bond motifs is 7. The SMILES string of the molecule is C=C(C)[C@H]1CC[C@]2(C(=O)O)CC[C@]3(C)[C@H](CC[C@@H]4C5(C)CC=C(c6ccc(O)cc6)C(C)(C)[C@@H]5CC[C@]43C)[C@@H]12.